The van der Waals surface area contributed by atoms with Crippen LogP contribution in [0.25, 0.3) is 0 Å². The Bertz CT molecular complexity index is 1230. The van der Waals surface area contributed by atoms with E-state index in [9.17, 15) is 14.9 Å². The minimum atomic E-state index is -0.486. The fourth-order valence-electron chi connectivity index (χ4n) is 4.34. The van der Waals surface area contributed by atoms with E-state index in [2.05, 4.69) is 20.3 Å². The highest BCUT2D eigenvalue weighted by Crippen LogP contribution is 2.29. The molecule has 0 atom stereocenters. The van der Waals surface area contributed by atoms with E-state index in [1.165, 1.54) is 25.8 Å². The van der Waals surface area contributed by atoms with Crippen LogP contribution < -0.4 is 19.7 Å². The van der Waals surface area contributed by atoms with Crippen molar-refractivity contribution in [3.05, 3.63) is 75.7 Å². The molecule has 1 aliphatic rings. The molecule has 11 nitrogen and oxygen atoms in total. The number of carbonyl (C=O) groups excluding carboxylic acids is 1. The number of nitrogens with zero attached hydrogens (tertiary/aromatic N) is 5. The van der Waals surface area contributed by atoms with Crippen LogP contribution >= 0.6 is 0 Å². The summed E-state index contributed by atoms with van der Waals surface area (Å²) >= 11 is 0. The molecular weight excluding hydrogens is 476 g/mol. The lowest BCUT2D eigenvalue weighted by molar-refractivity contribution is -0.385. The molecule has 4 rings (SSSR count). The number of benzene rings is 1. The fraction of sp³-hybridized carbons (Fsp3) is 0.385. The number of rotatable bonds is 10. The van der Waals surface area contributed by atoms with Crippen molar-refractivity contribution in [1.82, 2.24) is 20.3 Å². The molecule has 37 heavy (non-hydrogen) atoms. The fourth-order valence-corrected chi connectivity index (χ4v) is 4.34. The van der Waals surface area contributed by atoms with Crippen LogP contribution in [-0.2, 0) is 13.2 Å². The lowest BCUT2D eigenvalue weighted by Gasteiger charge is -2.25. The van der Waals surface area contributed by atoms with Crippen LogP contribution in [0.4, 0.5) is 11.5 Å². The van der Waals surface area contributed by atoms with Crippen LogP contribution in [0.3, 0.4) is 0 Å². The third kappa shape index (κ3) is 6.69. The number of hydrogen-bond donors (Lipinski definition) is 1. The molecule has 0 radical (unpaired) electrons. The number of anilines is 1. The molecule has 0 unspecified atom stereocenters. The minimum Gasteiger partial charge on any atom is -0.490 e. The van der Waals surface area contributed by atoms with Gasteiger partial charge in [0, 0.05) is 38.1 Å². The maximum Gasteiger partial charge on any atom is 0.318 e. The molecular formula is C26H30N6O5. The summed E-state index contributed by atoms with van der Waals surface area (Å²) in [5, 5.41) is 14.6. The summed E-state index contributed by atoms with van der Waals surface area (Å²) < 4.78 is 10.9. The highest BCUT2D eigenvalue weighted by Gasteiger charge is 2.23. The first-order chi connectivity index (χ1) is 17.9. The third-order valence-electron chi connectivity index (χ3n) is 6.23. The summed E-state index contributed by atoms with van der Waals surface area (Å²) in [4.78, 5) is 39.0. The number of carbonyl (C=O) groups is 1. The van der Waals surface area contributed by atoms with Crippen LogP contribution in [0.15, 0.2) is 48.8 Å². The number of hydrogen-bond acceptors (Lipinski definition) is 9. The first-order valence-corrected chi connectivity index (χ1v) is 12.2. The quantitative estimate of drug-likeness (QED) is 0.319. The van der Waals surface area contributed by atoms with Crippen molar-refractivity contribution in [2.24, 2.45) is 0 Å². The van der Waals surface area contributed by atoms with Gasteiger partial charge in [-0.2, -0.15) is 4.98 Å². The molecule has 1 fully saturated rings. The summed E-state index contributed by atoms with van der Waals surface area (Å²) in [5.74, 6) is 0.278. The van der Waals surface area contributed by atoms with Crippen molar-refractivity contribution in [1.29, 1.82) is 0 Å². The predicted octanol–water partition coefficient (Wildman–Crippen LogP) is 4.07. The van der Waals surface area contributed by atoms with E-state index in [1.54, 1.807) is 30.3 Å². The van der Waals surface area contributed by atoms with E-state index >= 15 is 0 Å². The molecule has 1 N–H and O–H groups in total. The summed E-state index contributed by atoms with van der Waals surface area (Å²) in [6, 6.07) is 10.5. The van der Waals surface area contributed by atoms with Crippen molar-refractivity contribution >= 4 is 17.4 Å². The molecule has 2 aromatic heterocycles. The third-order valence-corrected chi connectivity index (χ3v) is 6.23. The van der Waals surface area contributed by atoms with Crippen LogP contribution in [0.2, 0.25) is 0 Å². The molecule has 194 valence electrons. The van der Waals surface area contributed by atoms with Gasteiger partial charge in [-0.3, -0.25) is 19.9 Å². The van der Waals surface area contributed by atoms with E-state index in [-0.39, 0.29) is 42.5 Å². The number of nitro groups is 1. The second-order valence-corrected chi connectivity index (χ2v) is 8.93. The maximum absolute atomic E-state index is 13.2. The number of ether oxygens (including phenoxy) is 2. The van der Waals surface area contributed by atoms with Crippen molar-refractivity contribution in [2.75, 3.05) is 19.1 Å². The maximum atomic E-state index is 13.2. The van der Waals surface area contributed by atoms with Gasteiger partial charge in [-0.05, 0) is 36.6 Å². The molecule has 1 saturated carbocycles. The monoisotopic (exact) mass is 506 g/mol. The van der Waals surface area contributed by atoms with Gasteiger partial charge in [-0.1, -0.05) is 31.4 Å². The largest absolute Gasteiger partial charge is 0.490 e. The lowest BCUT2D eigenvalue weighted by Crippen LogP contribution is -2.37. The smallest absolute Gasteiger partial charge is 0.318 e. The van der Waals surface area contributed by atoms with Crippen LogP contribution in [-0.4, -0.2) is 46.0 Å². The predicted molar refractivity (Wildman–Crippen MR) is 137 cm³/mol. The van der Waals surface area contributed by atoms with Crippen molar-refractivity contribution in [2.45, 2.75) is 51.3 Å². The van der Waals surface area contributed by atoms with Crippen molar-refractivity contribution < 1.29 is 19.2 Å². The van der Waals surface area contributed by atoms with Gasteiger partial charge in [0.05, 0.1) is 17.7 Å². The van der Waals surface area contributed by atoms with Gasteiger partial charge in [-0.15, -0.1) is 0 Å². The molecule has 2 heterocycles. The van der Waals surface area contributed by atoms with Crippen LogP contribution in [0.5, 0.6) is 11.8 Å². The SMILES string of the molecule is COc1ccc(CN(C)c2nc(OCc3ccccn3)ncc2C(=O)NC2CCCCC2)cc1[N+](=O)[O-]. The topological polar surface area (TPSA) is 133 Å². The van der Waals surface area contributed by atoms with Gasteiger partial charge in [0.2, 0.25) is 0 Å². The second kappa shape index (κ2) is 12.1. The second-order valence-electron chi connectivity index (χ2n) is 8.93. The number of aromatic nitrogens is 3. The van der Waals surface area contributed by atoms with Gasteiger partial charge in [0.25, 0.3) is 5.91 Å². The molecule has 0 bridgehead atoms. The zero-order valence-corrected chi connectivity index (χ0v) is 20.9. The van der Waals surface area contributed by atoms with Gasteiger partial charge in [0.1, 0.15) is 18.0 Å². The average molecular weight is 507 g/mol. The van der Waals surface area contributed by atoms with Crippen LogP contribution in [0, 0.1) is 10.1 Å². The molecule has 1 aliphatic carbocycles. The summed E-state index contributed by atoms with van der Waals surface area (Å²) in [6.07, 6.45) is 8.37. The van der Waals surface area contributed by atoms with E-state index < -0.39 is 4.92 Å². The molecule has 0 aliphatic heterocycles. The molecule has 0 saturated heterocycles. The van der Waals surface area contributed by atoms with E-state index in [4.69, 9.17) is 9.47 Å². The highest BCUT2D eigenvalue weighted by atomic mass is 16.6. The Kier molecular flexibility index (Phi) is 8.44. The minimum absolute atomic E-state index is 0.0995. The molecule has 0 spiro atoms. The normalized spacial score (nSPS) is 13.6. The summed E-state index contributed by atoms with van der Waals surface area (Å²) in [5.41, 5.74) is 1.54. The van der Waals surface area contributed by atoms with Gasteiger partial charge in [-0.25, -0.2) is 4.98 Å². The summed E-state index contributed by atoms with van der Waals surface area (Å²) in [6.45, 7) is 0.424. The molecule has 11 heteroatoms. The summed E-state index contributed by atoms with van der Waals surface area (Å²) in [7, 11) is 3.15. The average Bonchev–Trinajstić information content (AvgIpc) is 2.92. The zero-order valence-electron chi connectivity index (χ0n) is 20.9. The van der Waals surface area contributed by atoms with E-state index in [0.717, 1.165) is 25.7 Å². The van der Waals surface area contributed by atoms with Crippen LogP contribution in [0.1, 0.15) is 53.7 Å². The number of pyridine rings is 1. The van der Waals surface area contributed by atoms with Crippen molar-refractivity contribution in [3.8, 4) is 11.8 Å². The first-order valence-electron chi connectivity index (χ1n) is 12.2. The Morgan fingerprint density at radius 1 is 1.19 bits per heavy atom. The van der Waals surface area contributed by atoms with Crippen molar-refractivity contribution in [3.63, 3.8) is 0 Å². The van der Waals surface area contributed by atoms with E-state index in [1.807, 2.05) is 18.2 Å². The Morgan fingerprint density at radius 2 is 2.00 bits per heavy atom. The van der Waals surface area contributed by atoms with E-state index in [0.29, 0.717) is 22.6 Å². The standard InChI is InChI=1S/C26H30N6O5/c1-31(16-18-11-12-23(36-2)22(14-18)32(34)35)24-21(25(33)29-19-8-4-3-5-9-19)15-28-26(30-24)37-17-20-10-6-7-13-27-20/h6-7,10-15,19H,3-5,8-9,16-17H2,1-2H3,(H,29,33). The number of methoxy groups -OCH3 is 1. The Labute approximate surface area is 215 Å². The zero-order chi connectivity index (χ0) is 26.2. The number of amides is 1. The van der Waals surface area contributed by atoms with Gasteiger partial charge >= 0.3 is 11.7 Å². The first kappa shape index (κ1) is 25.8. The lowest BCUT2D eigenvalue weighted by atomic mass is 9.95. The number of nitrogens with one attached hydrogen (secondary N) is 1. The molecule has 3 aromatic rings. The van der Waals surface area contributed by atoms with Gasteiger partial charge < -0.3 is 19.7 Å². The Morgan fingerprint density at radius 3 is 2.70 bits per heavy atom. The Hall–Kier alpha value is -4.28. The van der Waals surface area contributed by atoms with Gasteiger partial charge in [0.15, 0.2) is 5.75 Å². The molecule has 1 amide bonds. The molecule has 1 aromatic carbocycles. The number of nitro benzene ring substituents is 1. The Balaban J connectivity index is 1.59. The highest BCUT2D eigenvalue weighted by molar-refractivity contribution is 5.98.